The third-order valence-corrected chi connectivity index (χ3v) is 2.61. The van der Waals surface area contributed by atoms with E-state index in [1.807, 2.05) is 0 Å². The van der Waals surface area contributed by atoms with Gasteiger partial charge in [0.2, 0.25) is 0 Å². The minimum Gasteiger partial charge on any atom is -0.468 e. The summed E-state index contributed by atoms with van der Waals surface area (Å²) in [5, 5.41) is 3.28. The minimum atomic E-state index is -0.639. The van der Waals surface area contributed by atoms with Crippen LogP contribution in [0.2, 0.25) is 0 Å². The van der Waals surface area contributed by atoms with Crippen LogP contribution in [0.25, 0.3) is 0 Å². The van der Waals surface area contributed by atoms with Crippen molar-refractivity contribution in [2.24, 2.45) is 5.92 Å². The van der Waals surface area contributed by atoms with Crippen molar-refractivity contribution in [3.05, 3.63) is 0 Å². The monoisotopic (exact) mass is 215 g/mol. The molecule has 88 valence electrons. The Bertz CT molecular complexity index is 208. The van der Waals surface area contributed by atoms with E-state index in [9.17, 15) is 4.79 Å². The highest BCUT2D eigenvalue weighted by molar-refractivity contribution is 5.81. The topological polar surface area (TPSA) is 47.6 Å². The fourth-order valence-corrected chi connectivity index (χ4v) is 2.04. The molecule has 0 aromatic carbocycles. The van der Waals surface area contributed by atoms with Gasteiger partial charge in [0.1, 0.15) is 5.54 Å². The van der Waals surface area contributed by atoms with Crippen LogP contribution >= 0.6 is 0 Å². The molecule has 1 aliphatic heterocycles. The first-order valence-corrected chi connectivity index (χ1v) is 5.52. The molecule has 15 heavy (non-hydrogen) atoms. The van der Waals surface area contributed by atoms with Crippen molar-refractivity contribution in [3.8, 4) is 0 Å². The Hall–Kier alpha value is -0.610. The molecule has 1 heterocycles. The molecule has 1 saturated heterocycles. The first kappa shape index (κ1) is 12.5. The summed E-state index contributed by atoms with van der Waals surface area (Å²) in [6.45, 7) is 6.12. The Kier molecular flexibility index (Phi) is 4.54. The highest BCUT2D eigenvalue weighted by Crippen LogP contribution is 2.21. The van der Waals surface area contributed by atoms with E-state index >= 15 is 0 Å². The van der Waals surface area contributed by atoms with E-state index in [1.54, 1.807) is 0 Å². The van der Waals surface area contributed by atoms with Crippen molar-refractivity contribution in [1.29, 1.82) is 0 Å². The zero-order chi connectivity index (χ0) is 11.3. The van der Waals surface area contributed by atoms with Gasteiger partial charge >= 0.3 is 5.97 Å². The summed E-state index contributed by atoms with van der Waals surface area (Å²) in [4.78, 5) is 11.8. The van der Waals surface area contributed by atoms with E-state index in [0.29, 0.717) is 19.1 Å². The molecule has 0 saturated carbocycles. The molecule has 4 nitrogen and oxygen atoms in total. The van der Waals surface area contributed by atoms with Gasteiger partial charge in [0.15, 0.2) is 0 Å². The minimum absolute atomic E-state index is 0.210. The smallest absolute Gasteiger partial charge is 0.328 e. The van der Waals surface area contributed by atoms with E-state index in [2.05, 4.69) is 19.2 Å². The van der Waals surface area contributed by atoms with E-state index in [0.717, 1.165) is 19.4 Å². The summed E-state index contributed by atoms with van der Waals surface area (Å²) < 4.78 is 10.3. The molecule has 0 aromatic rings. The zero-order valence-corrected chi connectivity index (χ0v) is 9.84. The van der Waals surface area contributed by atoms with Gasteiger partial charge in [-0.2, -0.15) is 0 Å². The summed E-state index contributed by atoms with van der Waals surface area (Å²) in [6.07, 6.45) is 1.69. The molecule has 1 rings (SSSR count). The van der Waals surface area contributed by atoms with Gasteiger partial charge in [-0.05, 0) is 25.3 Å². The highest BCUT2D eigenvalue weighted by Gasteiger charge is 2.40. The number of esters is 1. The fraction of sp³-hybridized carbons (Fsp3) is 0.909. The normalized spacial score (nSPS) is 27.5. The molecule has 4 heteroatoms. The number of carbonyl (C=O) groups is 1. The third-order valence-electron chi connectivity index (χ3n) is 2.61. The predicted octanol–water partition coefficient (Wildman–Crippen LogP) is 0.954. The molecular formula is C11H21NO3. The van der Waals surface area contributed by atoms with E-state index in [-0.39, 0.29) is 5.97 Å². The van der Waals surface area contributed by atoms with E-state index < -0.39 is 5.54 Å². The molecule has 0 amide bonds. The summed E-state index contributed by atoms with van der Waals surface area (Å²) in [7, 11) is 1.43. The first-order valence-electron chi connectivity index (χ1n) is 5.52. The van der Waals surface area contributed by atoms with Gasteiger partial charge in [0.25, 0.3) is 0 Å². The van der Waals surface area contributed by atoms with Crippen LogP contribution in [0.4, 0.5) is 0 Å². The van der Waals surface area contributed by atoms with E-state index in [4.69, 9.17) is 9.47 Å². The van der Waals surface area contributed by atoms with Crippen LogP contribution in [0.15, 0.2) is 0 Å². The lowest BCUT2D eigenvalue weighted by Crippen LogP contribution is -2.56. The third kappa shape index (κ3) is 3.18. The van der Waals surface area contributed by atoms with Crippen molar-refractivity contribution >= 4 is 5.97 Å². The molecule has 0 aromatic heterocycles. The van der Waals surface area contributed by atoms with Gasteiger partial charge < -0.3 is 9.47 Å². The van der Waals surface area contributed by atoms with Crippen molar-refractivity contribution in [3.63, 3.8) is 0 Å². The number of hydrogen-bond donors (Lipinski definition) is 1. The number of nitrogens with one attached hydrogen (secondary N) is 1. The average Bonchev–Trinajstić information content (AvgIpc) is 2.42. The number of carbonyl (C=O) groups excluding carboxylic acids is 1. The Morgan fingerprint density at radius 2 is 2.33 bits per heavy atom. The summed E-state index contributed by atoms with van der Waals surface area (Å²) >= 11 is 0. The van der Waals surface area contributed by atoms with Crippen LogP contribution in [-0.4, -0.2) is 38.4 Å². The number of rotatable bonds is 3. The zero-order valence-electron chi connectivity index (χ0n) is 9.84. The van der Waals surface area contributed by atoms with Gasteiger partial charge in [0, 0.05) is 6.61 Å². The molecule has 1 atom stereocenters. The summed E-state index contributed by atoms with van der Waals surface area (Å²) in [5.74, 6) is 0.219. The number of hydrogen-bond acceptors (Lipinski definition) is 4. The molecule has 1 N–H and O–H groups in total. The van der Waals surface area contributed by atoms with Crippen LogP contribution in [0.3, 0.4) is 0 Å². The number of methoxy groups -OCH3 is 1. The van der Waals surface area contributed by atoms with Gasteiger partial charge in [-0.25, -0.2) is 4.79 Å². The van der Waals surface area contributed by atoms with Gasteiger partial charge in [-0.3, -0.25) is 5.32 Å². The molecule has 1 aliphatic rings. The maximum Gasteiger partial charge on any atom is 0.328 e. The highest BCUT2D eigenvalue weighted by atomic mass is 16.5. The van der Waals surface area contributed by atoms with Crippen molar-refractivity contribution in [2.45, 2.75) is 32.2 Å². The van der Waals surface area contributed by atoms with Crippen molar-refractivity contribution < 1.29 is 14.3 Å². The molecule has 0 spiro atoms. The SMILES string of the molecule is COC(=O)C1(CC(C)C)COCCCN1. The molecule has 1 fully saturated rings. The Morgan fingerprint density at radius 3 is 2.93 bits per heavy atom. The second-order valence-electron chi connectivity index (χ2n) is 4.50. The summed E-state index contributed by atoms with van der Waals surface area (Å²) in [5.41, 5.74) is -0.639. The first-order chi connectivity index (χ1) is 7.10. The van der Waals surface area contributed by atoms with Crippen molar-refractivity contribution in [2.75, 3.05) is 26.9 Å². The molecule has 0 bridgehead atoms. The van der Waals surface area contributed by atoms with Crippen LogP contribution in [0.5, 0.6) is 0 Å². The second-order valence-corrected chi connectivity index (χ2v) is 4.50. The Labute approximate surface area is 91.3 Å². The average molecular weight is 215 g/mol. The van der Waals surface area contributed by atoms with Crippen LogP contribution in [-0.2, 0) is 14.3 Å². The van der Waals surface area contributed by atoms with Gasteiger partial charge in [-0.1, -0.05) is 13.8 Å². The molecule has 1 unspecified atom stereocenters. The van der Waals surface area contributed by atoms with Crippen LogP contribution in [0.1, 0.15) is 26.7 Å². The molecule has 0 radical (unpaired) electrons. The van der Waals surface area contributed by atoms with Gasteiger partial charge in [0.05, 0.1) is 13.7 Å². The second kappa shape index (κ2) is 5.47. The number of ether oxygens (including phenoxy) is 2. The lowest BCUT2D eigenvalue weighted by molar-refractivity contribution is -0.151. The maximum atomic E-state index is 11.8. The van der Waals surface area contributed by atoms with Crippen LogP contribution < -0.4 is 5.32 Å². The molecule has 0 aliphatic carbocycles. The largest absolute Gasteiger partial charge is 0.468 e. The summed E-state index contributed by atoms with van der Waals surface area (Å²) in [6, 6.07) is 0. The fourth-order valence-electron chi connectivity index (χ4n) is 2.04. The van der Waals surface area contributed by atoms with Gasteiger partial charge in [-0.15, -0.1) is 0 Å². The lowest BCUT2D eigenvalue weighted by Gasteiger charge is -2.31. The quantitative estimate of drug-likeness (QED) is 0.712. The lowest BCUT2D eigenvalue weighted by atomic mass is 9.89. The standard InChI is InChI=1S/C11H21NO3/c1-9(2)7-11(10(13)14-3)8-15-6-4-5-12-11/h9,12H,4-8H2,1-3H3. The molecular weight excluding hydrogens is 194 g/mol. The Balaban J connectivity index is 2.77. The van der Waals surface area contributed by atoms with E-state index in [1.165, 1.54) is 7.11 Å². The van der Waals surface area contributed by atoms with Crippen LogP contribution in [0, 0.1) is 5.92 Å². The Morgan fingerprint density at radius 1 is 1.60 bits per heavy atom. The predicted molar refractivity (Wildman–Crippen MR) is 57.6 cm³/mol. The maximum absolute atomic E-state index is 11.8. The van der Waals surface area contributed by atoms with Crippen molar-refractivity contribution in [1.82, 2.24) is 5.32 Å².